The number of ether oxygens (including phenoxy) is 1. The summed E-state index contributed by atoms with van der Waals surface area (Å²) in [7, 11) is -4.20. The van der Waals surface area contributed by atoms with Crippen molar-refractivity contribution in [2.75, 3.05) is 6.54 Å². The molecule has 1 fully saturated rings. The first-order valence-electron chi connectivity index (χ1n) is 8.87. The number of halogens is 3. The molecule has 29 heavy (non-hydrogen) atoms. The number of para-hydroxylation sites is 1. The van der Waals surface area contributed by atoms with Gasteiger partial charge in [-0.15, -0.1) is 0 Å². The predicted octanol–water partition coefficient (Wildman–Crippen LogP) is 2.90. The van der Waals surface area contributed by atoms with Crippen LogP contribution in [0, 0.1) is 5.82 Å². The lowest BCUT2D eigenvalue weighted by Crippen LogP contribution is -2.45. The Kier molecular flexibility index (Phi) is 6.43. The van der Waals surface area contributed by atoms with E-state index in [1.165, 1.54) is 30.3 Å². The van der Waals surface area contributed by atoms with Gasteiger partial charge in [-0.1, -0.05) is 30.3 Å². The van der Waals surface area contributed by atoms with Crippen molar-refractivity contribution in [2.45, 2.75) is 36.9 Å². The Morgan fingerprint density at radius 1 is 1.17 bits per heavy atom. The second-order valence-corrected chi connectivity index (χ2v) is 8.27. The summed E-state index contributed by atoms with van der Waals surface area (Å²) in [6.07, 6.45) is 0.714. The smallest absolute Gasteiger partial charge is 0.387 e. The Morgan fingerprint density at radius 3 is 2.59 bits per heavy atom. The van der Waals surface area contributed by atoms with Gasteiger partial charge in [-0.05, 0) is 31.0 Å². The van der Waals surface area contributed by atoms with Gasteiger partial charge in [0.25, 0.3) is 0 Å². The summed E-state index contributed by atoms with van der Waals surface area (Å²) in [5.41, 5.74) is 0.322. The Morgan fingerprint density at radius 2 is 1.86 bits per heavy atom. The molecule has 2 aromatic carbocycles. The molecule has 3 rings (SSSR count). The van der Waals surface area contributed by atoms with Crippen molar-refractivity contribution in [1.29, 1.82) is 0 Å². The molecule has 0 aliphatic carbocycles. The molecule has 0 spiro atoms. The first kappa shape index (κ1) is 21.1. The maximum absolute atomic E-state index is 14.0. The van der Waals surface area contributed by atoms with E-state index >= 15 is 0 Å². The van der Waals surface area contributed by atoms with Gasteiger partial charge in [0.15, 0.2) is 0 Å². The highest BCUT2D eigenvalue weighted by molar-refractivity contribution is 7.89. The van der Waals surface area contributed by atoms with Gasteiger partial charge in [0.1, 0.15) is 22.5 Å². The predicted molar refractivity (Wildman–Crippen MR) is 98.2 cm³/mol. The number of carbonyl (C=O) groups excluding carboxylic acids is 1. The second kappa shape index (κ2) is 8.83. The molecule has 1 aliphatic rings. The number of nitrogens with one attached hydrogen (secondary N) is 1. The molecular formula is C19H19F3N2O4S. The van der Waals surface area contributed by atoms with Crippen LogP contribution in [0.5, 0.6) is 5.75 Å². The van der Waals surface area contributed by atoms with E-state index in [1.54, 1.807) is 6.07 Å². The minimum Gasteiger partial charge on any atom is -0.434 e. The van der Waals surface area contributed by atoms with E-state index in [0.29, 0.717) is 12.0 Å². The third kappa shape index (κ3) is 4.70. The van der Waals surface area contributed by atoms with Crippen LogP contribution in [0.2, 0.25) is 0 Å². The summed E-state index contributed by atoms with van der Waals surface area (Å²) in [6, 6.07) is 9.94. The van der Waals surface area contributed by atoms with Gasteiger partial charge in [-0.2, -0.15) is 13.1 Å². The Balaban J connectivity index is 1.74. The summed E-state index contributed by atoms with van der Waals surface area (Å²) in [5.74, 6) is -1.56. The van der Waals surface area contributed by atoms with E-state index in [4.69, 9.17) is 0 Å². The van der Waals surface area contributed by atoms with Crippen molar-refractivity contribution in [3.8, 4) is 5.75 Å². The van der Waals surface area contributed by atoms with Crippen molar-refractivity contribution >= 4 is 15.9 Å². The summed E-state index contributed by atoms with van der Waals surface area (Å²) >= 11 is 0. The molecule has 1 amide bonds. The second-order valence-electron chi connectivity index (χ2n) is 6.41. The Labute approximate surface area is 166 Å². The van der Waals surface area contributed by atoms with E-state index in [-0.39, 0.29) is 25.3 Å². The van der Waals surface area contributed by atoms with Gasteiger partial charge in [0.05, 0.1) is 0 Å². The third-order valence-corrected chi connectivity index (χ3v) is 6.51. The quantitative estimate of drug-likeness (QED) is 0.736. The number of amides is 1. The maximum Gasteiger partial charge on any atom is 0.387 e. The normalized spacial score (nSPS) is 17.4. The molecule has 1 saturated heterocycles. The number of rotatable bonds is 7. The van der Waals surface area contributed by atoms with E-state index in [1.807, 2.05) is 0 Å². The van der Waals surface area contributed by atoms with Gasteiger partial charge < -0.3 is 10.1 Å². The molecule has 0 saturated carbocycles. The van der Waals surface area contributed by atoms with Crippen molar-refractivity contribution in [3.05, 3.63) is 59.9 Å². The van der Waals surface area contributed by atoms with Crippen LogP contribution in [0.25, 0.3) is 0 Å². The zero-order valence-electron chi connectivity index (χ0n) is 15.2. The van der Waals surface area contributed by atoms with Gasteiger partial charge in [-0.25, -0.2) is 12.8 Å². The van der Waals surface area contributed by atoms with Crippen molar-refractivity contribution in [2.24, 2.45) is 0 Å². The van der Waals surface area contributed by atoms with Gasteiger partial charge in [0.2, 0.25) is 15.9 Å². The topological polar surface area (TPSA) is 75.7 Å². The molecule has 1 atom stereocenters. The summed E-state index contributed by atoms with van der Waals surface area (Å²) in [5, 5.41) is 2.56. The minimum atomic E-state index is -4.20. The highest BCUT2D eigenvalue weighted by atomic mass is 32.2. The van der Waals surface area contributed by atoms with Gasteiger partial charge in [-0.3, -0.25) is 4.79 Å². The number of alkyl halides is 2. The summed E-state index contributed by atoms with van der Waals surface area (Å²) in [4.78, 5) is 12.1. The molecule has 10 heteroatoms. The van der Waals surface area contributed by atoms with E-state index in [2.05, 4.69) is 10.1 Å². The zero-order valence-corrected chi connectivity index (χ0v) is 16.0. The van der Waals surface area contributed by atoms with Crippen LogP contribution in [-0.2, 0) is 21.4 Å². The van der Waals surface area contributed by atoms with Crippen LogP contribution in [-0.4, -0.2) is 37.8 Å². The standard InChI is InChI=1S/C19H19F3N2O4S/c20-14-7-2-4-10-17(14)29(26,27)24-11-5-8-15(24)18(25)23-12-13-6-1-3-9-16(13)28-19(21)22/h1-4,6-7,9-10,15,19H,5,8,11-12H2,(H,23,25). The van der Waals surface area contributed by atoms with E-state index in [9.17, 15) is 26.4 Å². The molecule has 1 aliphatic heterocycles. The number of hydrogen-bond acceptors (Lipinski definition) is 4. The van der Waals surface area contributed by atoms with E-state index in [0.717, 1.165) is 16.4 Å². The largest absolute Gasteiger partial charge is 0.434 e. The number of carbonyl (C=O) groups is 1. The van der Waals surface area contributed by atoms with Crippen LogP contribution < -0.4 is 10.1 Å². The average molecular weight is 428 g/mol. The van der Waals surface area contributed by atoms with Crippen LogP contribution in [0.3, 0.4) is 0 Å². The van der Waals surface area contributed by atoms with Crippen LogP contribution in [0.1, 0.15) is 18.4 Å². The van der Waals surface area contributed by atoms with Gasteiger partial charge in [0, 0.05) is 18.7 Å². The molecule has 0 radical (unpaired) electrons. The zero-order chi connectivity index (χ0) is 21.0. The number of sulfonamides is 1. The first-order chi connectivity index (χ1) is 13.8. The Hall–Kier alpha value is -2.59. The maximum atomic E-state index is 14.0. The molecule has 1 N–H and O–H groups in total. The highest BCUT2D eigenvalue weighted by Crippen LogP contribution is 2.28. The number of hydrogen-bond donors (Lipinski definition) is 1. The van der Waals surface area contributed by atoms with Crippen molar-refractivity contribution in [3.63, 3.8) is 0 Å². The Bertz CT molecular complexity index is 985. The lowest BCUT2D eigenvalue weighted by Gasteiger charge is -2.23. The number of benzene rings is 2. The highest BCUT2D eigenvalue weighted by Gasteiger charge is 2.40. The van der Waals surface area contributed by atoms with Gasteiger partial charge >= 0.3 is 6.61 Å². The SMILES string of the molecule is O=C(NCc1ccccc1OC(F)F)C1CCCN1S(=O)(=O)c1ccccc1F. The first-order valence-corrected chi connectivity index (χ1v) is 10.3. The third-order valence-electron chi connectivity index (χ3n) is 4.57. The molecule has 1 heterocycles. The lowest BCUT2D eigenvalue weighted by atomic mass is 10.2. The molecule has 0 aromatic heterocycles. The fraction of sp³-hybridized carbons (Fsp3) is 0.316. The molecule has 156 valence electrons. The van der Waals surface area contributed by atoms with Crippen LogP contribution >= 0.6 is 0 Å². The van der Waals surface area contributed by atoms with Crippen molar-refractivity contribution in [1.82, 2.24) is 9.62 Å². The number of nitrogens with zero attached hydrogens (tertiary/aromatic N) is 1. The van der Waals surface area contributed by atoms with Crippen LogP contribution in [0.15, 0.2) is 53.4 Å². The molecule has 0 bridgehead atoms. The summed E-state index contributed by atoms with van der Waals surface area (Å²) in [6.45, 7) is -3.05. The molecular weight excluding hydrogens is 409 g/mol. The molecule has 2 aromatic rings. The minimum absolute atomic E-state index is 0.0787. The monoisotopic (exact) mass is 428 g/mol. The van der Waals surface area contributed by atoms with E-state index < -0.39 is 39.3 Å². The molecule has 6 nitrogen and oxygen atoms in total. The van der Waals surface area contributed by atoms with Crippen LogP contribution in [0.4, 0.5) is 13.2 Å². The summed E-state index contributed by atoms with van der Waals surface area (Å²) < 4.78 is 70.1. The molecule has 1 unspecified atom stereocenters. The lowest BCUT2D eigenvalue weighted by molar-refractivity contribution is -0.124. The average Bonchev–Trinajstić information content (AvgIpc) is 3.18. The van der Waals surface area contributed by atoms with Crippen molar-refractivity contribution < 1.29 is 31.1 Å². The fourth-order valence-electron chi connectivity index (χ4n) is 3.23. The fourth-order valence-corrected chi connectivity index (χ4v) is 4.95.